The van der Waals surface area contributed by atoms with Crippen LogP contribution in [0.5, 0.6) is 0 Å². The van der Waals surface area contributed by atoms with Crippen LogP contribution in [0.25, 0.3) is 11.0 Å². The third-order valence-corrected chi connectivity index (χ3v) is 4.34. The minimum absolute atomic E-state index is 0.0724. The van der Waals surface area contributed by atoms with Crippen LogP contribution in [0.15, 0.2) is 54.4 Å². The van der Waals surface area contributed by atoms with Crippen molar-refractivity contribution in [2.24, 2.45) is 0 Å². The Morgan fingerprint density at radius 2 is 2.14 bits per heavy atom. The summed E-state index contributed by atoms with van der Waals surface area (Å²) >= 11 is 1.45. The Labute approximate surface area is 126 Å². The standard InChI is InChI=1S/C16H15N3OS/c1-2-9-18-12-6-3-4-7-13(12)19(16(18)17)11-14(20)15-8-5-10-21-15/h2-8,10,17H,1,9,11H2/p+1. The van der Waals surface area contributed by atoms with Crippen LogP contribution in [0.2, 0.25) is 0 Å². The number of aromatic nitrogens is 2. The minimum atomic E-state index is 0.0724. The van der Waals surface area contributed by atoms with Gasteiger partial charge in [0.2, 0.25) is 5.78 Å². The molecule has 0 saturated heterocycles. The van der Waals surface area contributed by atoms with Gasteiger partial charge in [0, 0.05) is 0 Å². The largest absolute Gasteiger partial charge is 0.356 e. The molecule has 0 atom stereocenters. The fourth-order valence-electron chi connectivity index (χ4n) is 2.46. The van der Waals surface area contributed by atoms with Gasteiger partial charge in [-0.2, -0.15) is 0 Å². The number of carbonyl (C=O) groups is 1. The average molecular weight is 298 g/mol. The second kappa shape index (κ2) is 5.54. The third kappa shape index (κ3) is 2.36. The number of Topliss-reactive ketones (excluding diaryl/α,β-unsaturated/α-hetero) is 1. The van der Waals surface area contributed by atoms with Gasteiger partial charge in [-0.1, -0.05) is 30.9 Å². The van der Waals surface area contributed by atoms with E-state index in [0.29, 0.717) is 12.5 Å². The smallest absolute Gasteiger partial charge is 0.290 e. The molecule has 0 saturated carbocycles. The van der Waals surface area contributed by atoms with Crippen molar-refractivity contribution >= 4 is 34.1 Å². The highest BCUT2D eigenvalue weighted by Gasteiger charge is 2.22. The topological polar surface area (TPSA) is 51.9 Å². The SMILES string of the molecule is C=CCn1c(N)[n+](CC(=O)c2cccs2)c2ccccc21. The molecule has 21 heavy (non-hydrogen) atoms. The number of allylic oxidation sites excluding steroid dienone is 1. The molecule has 1 aromatic carbocycles. The van der Waals surface area contributed by atoms with E-state index in [-0.39, 0.29) is 12.3 Å². The average Bonchev–Trinajstić information content (AvgIpc) is 3.11. The van der Waals surface area contributed by atoms with Crippen LogP contribution in [0.4, 0.5) is 5.95 Å². The maximum atomic E-state index is 12.3. The van der Waals surface area contributed by atoms with Crippen molar-refractivity contribution in [2.45, 2.75) is 13.1 Å². The molecular weight excluding hydrogens is 282 g/mol. The van der Waals surface area contributed by atoms with Crippen LogP contribution < -0.4 is 10.3 Å². The van der Waals surface area contributed by atoms with E-state index in [0.717, 1.165) is 15.9 Å². The van der Waals surface area contributed by atoms with Gasteiger partial charge in [0.25, 0.3) is 0 Å². The van der Waals surface area contributed by atoms with Crippen molar-refractivity contribution in [3.63, 3.8) is 0 Å². The summed E-state index contributed by atoms with van der Waals surface area (Å²) < 4.78 is 3.82. The fourth-order valence-corrected chi connectivity index (χ4v) is 3.12. The zero-order valence-electron chi connectivity index (χ0n) is 11.5. The number of hydrogen-bond donors (Lipinski definition) is 1. The van der Waals surface area contributed by atoms with E-state index in [1.165, 1.54) is 11.3 Å². The number of fused-ring (bicyclic) bond motifs is 1. The van der Waals surface area contributed by atoms with Crippen molar-refractivity contribution in [2.75, 3.05) is 5.73 Å². The number of nitrogens with zero attached hydrogens (tertiary/aromatic N) is 2. The van der Waals surface area contributed by atoms with E-state index in [1.807, 2.05) is 50.9 Å². The number of benzene rings is 1. The first kappa shape index (κ1) is 13.6. The highest BCUT2D eigenvalue weighted by atomic mass is 32.1. The molecule has 0 unspecified atom stereocenters. The highest BCUT2D eigenvalue weighted by Crippen LogP contribution is 2.17. The van der Waals surface area contributed by atoms with Crippen LogP contribution in [0, 0.1) is 0 Å². The third-order valence-electron chi connectivity index (χ3n) is 3.43. The molecule has 3 rings (SSSR count). The molecule has 0 radical (unpaired) electrons. The van der Waals surface area contributed by atoms with Crippen molar-refractivity contribution < 1.29 is 9.36 Å². The van der Waals surface area contributed by atoms with E-state index in [9.17, 15) is 4.79 Å². The molecule has 2 aromatic heterocycles. The lowest BCUT2D eigenvalue weighted by Crippen LogP contribution is -2.40. The molecule has 106 valence electrons. The lowest BCUT2D eigenvalue weighted by atomic mass is 10.3. The van der Waals surface area contributed by atoms with Crippen LogP contribution in [0.1, 0.15) is 9.67 Å². The van der Waals surface area contributed by atoms with Gasteiger partial charge in [0.15, 0.2) is 0 Å². The molecule has 4 nitrogen and oxygen atoms in total. The summed E-state index contributed by atoms with van der Waals surface area (Å²) in [7, 11) is 0. The van der Waals surface area contributed by atoms with E-state index >= 15 is 0 Å². The van der Waals surface area contributed by atoms with Crippen molar-refractivity contribution in [3.05, 3.63) is 59.3 Å². The second-order valence-corrected chi connectivity index (χ2v) is 5.68. The molecule has 0 spiro atoms. The van der Waals surface area contributed by atoms with Gasteiger partial charge < -0.3 is 0 Å². The summed E-state index contributed by atoms with van der Waals surface area (Å²) in [4.78, 5) is 13.1. The van der Waals surface area contributed by atoms with Crippen LogP contribution >= 0.6 is 11.3 Å². The number of imidazole rings is 1. The molecule has 5 heteroatoms. The quantitative estimate of drug-likeness (QED) is 0.447. The monoisotopic (exact) mass is 298 g/mol. The van der Waals surface area contributed by atoms with Gasteiger partial charge in [0.05, 0.1) is 11.4 Å². The zero-order chi connectivity index (χ0) is 14.8. The van der Waals surface area contributed by atoms with Gasteiger partial charge in [-0.05, 0) is 23.6 Å². The molecule has 0 fully saturated rings. The van der Waals surface area contributed by atoms with Gasteiger partial charge in [0.1, 0.15) is 17.6 Å². The second-order valence-electron chi connectivity index (χ2n) is 4.73. The van der Waals surface area contributed by atoms with Crippen LogP contribution in [0.3, 0.4) is 0 Å². The van der Waals surface area contributed by atoms with E-state index in [1.54, 1.807) is 6.08 Å². The summed E-state index contributed by atoms with van der Waals surface area (Å²) in [6.07, 6.45) is 1.80. The minimum Gasteiger partial charge on any atom is -0.290 e. The van der Waals surface area contributed by atoms with Crippen LogP contribution in [-0.4, -0.2) is 10.4 Å². The summed E-state index contributed by atoms with van der Waals surface area (Å²) in [5, 5.41) is 1.91. The number of thiophene rings is 1. The van der Waals surface area contributed by atoms with Gasteiger partial charge >= 0.3 is 5.95 Å². The Hall–Kier alpha value is -2.40. The molecule has 0 aliphatic heterocycles. The normalized spacial score (nSPS) is 10.9. The lowest BCUT2D eigenvalue weighted by Gasteiger charge is -1.99. The first-order chi connectivity index (χ1) is 10.2. The Morgan fingerprint density at radius 3 is 2.86 bits per heavy atom. The molecule has 2 N–H and O–H groups in total. The molecule has 0 aliphatic carbocycles. The summed E-state index contributed by atoms with van der Waals surface area (Å²) in [6.45, 7) is 4.63. The molecule has 0 bridgehead atoms. The van der Waals surface area contributed by atoms with Crippen LogP contribution in [-0.2, 0) is 13.1 Å². The number of rotatable bonds is 5. The summed E-state index contributed by atoms with van der Waals surface area (Å²) in [5.41, 5.74) is 8.20. The van der Waals surface area contributed by atoms with E-state index in [4.69, 9.17) is 5.73 Å². The van der Waals surface area contributed by atoms with E-state index in [2.05, 4.69) is 6.58 Å². The predicted molar refractivity (Wildman–Crippen MR) is 85.4 cm³/mol. The Bertz CT molecular complexity index is 802. The number of carbonyl (C=O) groups excluding carboxylic acids is 1. The number of ketones is 1. The first-order valence-electron chi connectivity index (χ1n) is 6.66. The number of para-hydroxylation sites is 2. The number of nitrogen functional groups attached to an aromatic ring is 1. The zero-order valence-corrected chi connectivity index (χ0v) is 12.3. The first-order valence-corrected chi connectivity index (χ1v) is 7.54. The Balaban J connectivity index is 2.07. The molecular formula is C16H16N3OS+. The number of anilines is 1. The summed E-state index contributed by atoms with van der Waals surface area (Å²) in [6, 6.07) is 11.6. The number of nitrogens with two attached hydrogens (primary N) is 1. The Kier molecular flexibility index (Phi) is 3.58. The maximum Gasteiger partial charge on any atom is 0.356 e. The summed E-state index contributed by atoms with van der Waals surface area (Å²) in [5.74, 6) is 0.643. The van der Waals surface area contributed by atoms with Crippen molar-refractivity contribution in [1.82, 2.24) is 4.57 Å². The van der Waals surface area contributed by atoms with Gasteiger partial charge in [-0.3, -0.25) is 10.5 Å². The molecule has 2 heterocycles. The van der Waals surface area contributed by atoms with Gasteiger partial charge in [-0.15, -0.1) is 11.3 Å². The molecule has 0 aliphatic rings. The van der Waals surface area contributed by atoms with Crippen molar-refractivity contribution in [3.8, 4) is 0 Å². The maximum absolute atomic E-state index is 12.3. The Morgan fingerprint density at radius 1 is 1.33 bits per heavy atom. The highest BCUT2D eigenvalue weighted by molar-refractivity contribution is 7.12. The molecule has 3 aromatic rings. The predicted octanol–water partition coefficient (Wildman–Crippen LogP) is 2.64. The van der Waals surface area contributed by atoms with E-state index < -0.39 is 0 Å². The molecule has 0 amide bonds. The van der Waals surface area contributed by atoms with Gasteiger partial charge in [-0.25, -0.2) is 9.13 Å². The fraction of sp³-hybridized carbons (Fsp3) is 0.125. The van der Waals surface area contributed by atoms with Crippen molar-refractivity contribution in [1.29, 1.82) is 0 Å². The number of hydrogen-bond acceptors (Lipinski definition) is 3. The lowest BCUT2D eigenvalue weighted by molar-refractivity contribution is -0.642.